The summed E-state index contributed by atoms with van der Waals surface area (Å²) in [5.74, 6) is 0.844. The minimum absolute atomic E-state index is 0.370. The standard InChI is InChI=1S/C18H17NO2/c1-18(20,14-4-2-13(12-19)3-5-14)15-6-8-16(9-7-15)21-17-10-11-17/h2-9,17,20H,10-11H2,1H3. The van der Waals surface area contributed by atoms with Gasteiger partial charge in [-0.2, -0.15) is 5.26 Å². The van der Waals surface area contributed by atoms with Crippen molar-refractivity contribution in [1.82, 2.24) is 0 Å². The van der Waals surface area contributed by atoms with Crippen LogP contribution in [0.25, 0.3) is 0 Å². The van der Waals surface area contributed by atoms with Crippen molar-refractivity contribution in [2.45, 2.75) is 31.5 Å². The van der Waals surface area contributed by atoms with Crippen molar-refractivity contribution in [2.24, 2.45) is 0 Å². The number of aliphatic hydroxyl groups is 1. The monoisotopic (exact) mass is 279 g/mol. The second kappa shape index (κ2) is 5.23. The minimum atomic E-state index is -1.09. The van der Waals surface area contributed by atoms with Gasteiger partial charge in [0.2, 0.25) is 0 Å². The molecule has 0 heterocycles. The summed E-state index contributed by atoms with van der Waals surface area (Å²) in [5.41, 5.74) is 1.06. The highest BCUT2D eigenvalue weighted by Gasteiger charge is 2.26. The van der Waals surface area contributed by atoms with E-state index in [9.17, 15) is 5.11 Å². The van der Waals surface area contributed by atoms with Gasteiger partial charge in [-0.25, -0.2) is 0 Å². The van der Waals surface area contributed by atoms with Crippen molar-refractivity contribution in [3.63, 3.8) is 0 Å². The van der Waals surface area contributed by atoms with E-state index in [1.807, 2.05) is 24.3 Å². The SMILES string of the molecule is CC(O)(c1ccc(C#N)cc1)c1ccc(OC2CC2)cc1. The molecule has 1 unspecified atom stereocenters. The first-order valence-electron chi connectivity index (χ1n) is 7.10. The second-order valence-corrected chi connectivity index (χ2v) is 5.60. The summed E-state index contributed by atoms with van der Waals surface area (Å²) in [4.78, 5) is 0. The molecule has 21 heavy (non-hydrogen) atoms. The Morgan fingerprint density at radius 3 is 2.05 bits per heavy atom. The van der Waals surface area contributed by atoms with E-state index < -0.39 is 5.60 Å². The van der Waals surface area contributed by atoms with Gasteiger partial charge in [-0.15, -0.1) is 0 Å². The van der Waals surface area contributed by atoms with Crippen molar-refractivity contribution in [3.05, 3.63) is 65.2 Å². The van der Waals surface area contributed by atoms with Gasteiger partial charge >= 0.3 is 0 Å². The van der Waals surface area contributed by atoms with Crippen LogP contribution < -0.4 is 4.74 Å². The molecule has 0 amide bonds. The largest absolute Gasteiger partial charge is 0.490 e. The quantitative estimate of drug-likeness (QED) is 0.933. The average molecular weight is 279 g/mol. The topological polar surface area (TPSA) is 53.2 Å². The molecule has 2 aromatic rings. The molecule has 3 nitrogen and oxygen atoms in total. The molecule has 3 rings (SSSR count). The van der Waals surface area contributed by atoms with Gasteiger partial charge < -0.3 is 9.84 Å². The lowest BCUT2D eigenvalue weighted by atomic mass is 9.88. The molecule has 0 aliphatic heterocycles. The Morgan fingerprint density at radius 1 is 1.05 bits per heavy atom. The van der Waals surface area contributed by atoms with Crippen molar-refractivity contribution < 1.29 is 9.84 Å². The molecule has 0 aromatic heterocycles. The first-order valence-corrected chi connectivity index (χ1v) is 7.10. The number of hydrogen-bond donors (Lipinski definition) is 1. The molecule has 0 saturated heterocycles. The molecular formula is C18H17NO2. The van der Waals surface area contributed by atoms with E-state index in [4.69, 9.17) is 10.00 Å². The third-order valence-corrected chi connectivity index (χ3v) is 3.82. The van der Waals surface area contributed by atoms with Gasteiger partial charge in [0.05, 0.1) is 17.7 Å². The van der Waals surface area contributed by atoms with E-state index in [1.54, 1.807) is 31.2 Å². The van der Waals surface area contributed by atoms with E-state index in [1.165, 1.54) is 0 Å². The summed E-state index contributed by atoms with van der Waals surface area (Å²) in [6.45, 7) is 1.76. The first kappa shape index (κ1) is 13.7. The summed E-state index contributed by atoms with van der Waals surface area (Å²) in [6.07, 6.45) is 2.63. The van der Waals surface area contributed by atoms with Gasteiger partial charge in [0.1, 0.15) is 11.4 Å². The van der Waals surface area contributed by atoms with Crippen LogP contribution in [-0.4, -0.2) is 11.2 Å². The zero-order valence-electron chi connectivity index (χ0n) is 11.9. The molecule has 0 radical (unpaired) electrons. The van der Waals surface area contributed by atoms with Crippen molar-refractivity contribution in [3.8, 4) is 11.8 Å². The molecule has 1 atom stereocenters. The van der Waals surface area contributed by atoms with Crippen LogP contribution in [0.3, 0.4) is 0 Å². The van der Waals surface area contributed by atoms with E-state index in [0.717, 1.165) is 29.7 Å². The van der Waals surface area contributed by atoms with E-state index >= 15 is 0 Å². The van der Waals surface area contributed by atoms with Crippen LogP contribution in [0.4, 0.5) is 0 Å². The molecule has 0 bridgehead atoms. The lowest BCUT2D eigenvalue weighted by Gasteiger charge is -2.24. The van der Waals surface area contributed by atoms with Gasteiger partial charge in [0.25, 0.3) is 0 Å². The number of nitriles is 1. The zero-order valence-corrected chi connectivity index (χ0v) is 11.9. The number of ether oxygens (including phenoxy) is 1. The van der Waals surface area contributed by atoms with Crippen molar-refractivity contribution >= 4 is 0 Å². The van der Waals surface area contributed by atoms with Crippen LogP contribution >= 0.6 is 0 Å². The number of nitrogens with zero attached hydrogens (tertiary/aromatic N) is 1. The minimum Gasteiger partial charge on any atom is -0.490 e. The molecule has 1 aliphatic rings. The highest BCUT2D eigenvalue weighted by molar-refractivity contribution is 5.41. The van der Waals surface area contributed by atoms with E-state index in [0.29, 0.717) is 11.7 Å². The smallest absolute Gasteiger partial charge is 0.119 e. The molecule has 1 aliphatic carbocycles. The predicted molar refractivity (Wildman–Crippen MR) is 79.9 cm³/mol. The average Bonchev–Trinajstić information content (AvgIpc) is 3.32. The van der Waals surface area contributed by atoms with Gasteiger partial charge in [0, 0.05) is 0 Å². The Bertz CT molecular complexity index is 662. The van der Waals surface area contributed by atoms with E-state index in [-0.39, 0.29) is 0 Å². The van der Waals surface area contributed by atoms with Crippen LogP contribution in [0, 0.1) is 11.3 Å². The summed E-state index contributed by atoms with van der Waals surface area (Å²) >= 11 is 0. The van der Waals surface area contributed by atoms with Crippen LogP contribution in [0.15, 0.2) is 48.5 Å². The van der Waals surface area contributed by atoms with Crippen LogP contribution in [-0.2, 0) is 5.60 Å². The summed E-state index contributed by atoms with van der Waals surface area (Å²) in [6, 6.07) is 16.6. The van der Waals surface area contributed by atoms with Gasteiger partial charge in [-0.3, -0.25) is 0 Å². The summed E-state index contributed by atoms with van der Waals surface area (Å²) in [5, 5.41) is 19.6. The third kappa shape index (κ3) is 2.91. The Hall–Kier alpha value is -2.31. The van der Waals surface area contributed by atoms with Crippen molar-refractivity contribution in [2.75, 3.05) is 0 Å². The van der Waals surface area contributed by atoms with Crippen molar-refractivity contribution in [1.29, 1.82) is 5.26 Å². The maximum absolute atomic E-state index is 10.8. The fraction of sp³-hybridized carbons (Fsp3) is 0.278. The van der Waals surface area contributed by atoms with Gasteiger partial charge in [-0.05, 0) is 55.2 Å². The number of benzene rings is 2. The molecule has 1 saturated carbocycles. The highest BCUT2D eigenvalue weighted by atomic mass is 16.5. The molecule has 3 heteroatoms. The Balaban J connectivity index is 1.83. The second-order valence-electron chi connectivity index (χ2n) is 5.60. The normalized spacial score (nSPS) is 16.8. The van der Waals surface area contributed by atoms with Crippen LogP contribution in [0.2, 0.25) is 0 Å². The number of rotatable bonds is 4. The molecule has 1 N–H and O–H groups in total. The van der Waals surface area contributed by atoms with Gasteiger partial charge in [0.15, 0.2) is 0 Å². The van der Waals surface area contributed by atoms with Crippen LogP contribution in [0.5, 0.6) is 5.75 Å². The molecular weight excluding hydrogens is 262 g/mol. The summed E-state index contributed by atoms with van der Waals surface area (Å²) in [7, 11) is 0. The Morgan fingerprint density at radius 2 is 1.57 bits per heavy atom. The molecule has 0 spiro atoms. The Kier molecular flexibility index (Phi) is 3.40. The van der Waals surface area contributed by atoms with E-state index in [2.05, 4.69) is 6.07 Å². The molecule has 106 valence electrons. The fourth-order valence-electron chi connectivity index (χ4n) is 2.27. The Labute approximate surface area is 124 Å². The summed E-state index contributed by atoms with van der Waals surface area (Å²) < 4.78 is 5.71. The molecule has 2 aromatic carbocycles. The fourth-order valence-corrected chi connectivity index (χ4v) is 2.27. The lowest BCUT2D eigenvalue weighted by molar-refractivity contribution is 0.102. The maximum atomic E-state index is 10.8. The number of hydrogen-bond acceptors (Lipinski definition) is 3. The molecule has 1 fully saturated rings. The highest BCUT2D eigenvalue weighted by Crippen LogP contribution is 2.32. The first-order chi connectivity index (χ1) is 10.1. The van der Waals surface area contributed by atoms with Crippen LogP contribution in [0.1, 0.15) is 36.5 Å². The predicted octanol–water partition coefficient (Wildman–Crippen LogP) is 3.36. The lowest BCUT2D eigenvalue weighted by Crippen LogP contribution is -2.22. The zero-order chi connectivity index (χ0) is 14.9. The maximum Gasteiger partial charge on any atom is 0.119 e. The third-order valence-electron chi connectivity index (χ3n) is 3.82. The van der Waals surface area contributed by atoms with Gasteiger partial charge in [-0.1, -0.05) is 24.3 Å².